The number of nitrogens with two attached hydrogens (primary N) is 1. The van der Waals surface area contributed by atoms with E-state index in [2.05, 4.69) is 62.7 Å². The number of nitrogens with zero attached hydrogens (tertiary/aromatic N) is 5. The third kappa shape index (κ3) is 7.09. The Hall–Kier alpha value is -3.23. The Balaban J connectivity index is 1.78. The molecule has 0 aliphatic carbocycles. The summed E-state index contributed by atoms with van der Waals surface area (Å²) in [5.74, 6) is 0.746. The molecule has 1 aliphatic rings. The van der Waals surface area contributed by atoms with E-state index in [0.29, 0.717) is 25.7 Å². The molecule has 2 heterocycles. The highest BCUT2D eigenvalue weighted by molar-refractivity contribution is 5.75. The first-order valence-electron chi connectivity index (χ1n) is 14.3. The van der Waals surface area contributed by atoms with Gasteiger partial charge in [0.15, 0.2) is 0 Å². The van der Waals surface area contributed by atoms with Crippen LogP contribution in [-0.2, 0) is 6.54 Å². The van der Waals surface area contributed by atoms with Crippen LogP contribution < -0.4 is 5.73 Å². The molecule has 1 fully saturated rings. The second-order valence-corrected chi connectivity index (χ2v) is 12.2. The fraction of sp³-hybridized carbons (Fsp3) is 0.500. The quantitative estimate of drug-likeness (QED) is 0.387. The van der Waals surface area contributed by atoms with E-state index >= 15 is 4.39 Å². The van der Waals surface area contributed by atoms with Gasteiger partial charge >= 0.3 is 6.03 Å². The van der Waals surface area contributed by atoms with Gasteiger partial charge in [0, 0.05) is 44.0 Å². The van der Waals surface area contributed by atoms with Gasteiger partial charge < -0.3 is 25.0 Å². The van der Waals surface area contributed by atoms with Crippen LogP contribution in [0, 0.1) is 5.41 Å². The summed E-state index contributed by atoms with van der Waals surface area (Å²) < 4.78 is 17.2. The van der Waals surface area contributed by atoms with E-state index in [1.54, 1.807) is 4.90 Å². The van der Waals surface area contributed by atoms with Crippen molar-refractivity contribution >= 4 is 6.03 Å². The van der Waals surface area contributed by atoms with Crippen LogP contribution in [0.5, 0.6) is 0 Å². The SMILES string of the molecule is CN(C)C1CCN(C(=O)N(CC(F)CN)C(c2nc(-c3ccccc3)cn2Cc2ccccc2)C(C)(C)C)CC1. The molecule has 0 bridgehead atoms. The van der Waals surface area contributed by atoms with Crippen molar-refractivity contribution in [2.45, 2.75) is 58.4 Å². The average molecular weight is 549 g/mol. The van der Waals surface area contributed by atoms with Crippen molar-refractivity contribution in [2.75, 3.05) is 40.3 Å². The van der Waals surface area contributed by atoms with Gasteiger partial charge in [-0.05, 0) is 37.9 Å². The summed E-state index contributed by atoms with van der Waals surface area (Å²) in [4.78, 5) is 25.2. The fourth-order valence-corrected chi connectivity index (χ4v) is 5.63. The second-order valence-electron chi connectivity index (χ2n) is 12.2. The Kier molecular flexibility index (Phi) is 9.64. The highest BCUT2D eigenvalue weighted by atomic mass is 19.1. The normalized spacial score (nSPS) is 16.2. The van der Waals surface area contributed by atoms with Crippen molar-refractivity contribution in [1.29, 1.82) is 0 Å². The fourth-order valence-electron chi connectivity index (χ4n) is 5.63. The molecular weight excluding hydrogens is 503 g/mol. The van der Waals surface area contributed by atoms with E-state index in [9.17, 15) is 4.79 Å². The molecule has 2 N–H and O–H groups in total. The molecule has 7 nitrogen and oxygen atoms in total. The molecule has 2 atom stereocenters. The Morgan fingerprint density at radius 2 is 1.65 bits per heavy atom. The molecule has 4 rings (SSSR count). The standard InChI is InChI=1S/C32H45FN6O/c1-32(2,3)29(39(22-26(33)20-34)31(40)37-18-16-27(17-19-37)36(4)5)30-35-28(25-14-10-7-11-15-25)23-38(30)21-24-12-8-6-9-13-24/h6-15,23,26-27,29H,16-22,34H2,1-5H3. The number of halogens is 1. The number of benzene rings is 2. The van der Waals surface area contributed by atoms with Crippen LogP contribution >= 0.6 is 0 Å². The summed E-state index contributed by atoms with van der Waals surface area (Å²) in [6.07, 6.45) is 2.50. The molecule has 2 amide bonds. The van der Waals surface area contributed by atoms with Gasteiger partial charge in [0.1, 0.15) is 12.0 Å². The third-order valence-electron chi connectivity index (χ3n) is 7.81. The van der Waals surface area contributed by atoms with E-state index in [1.165, 1.54) is 0 Å². The van der Waals surface area contributed by atoms with Crippen LogP contribution in [0.15, 0.2) is 66.9 Å². The molecule has 40 heavy (non-hydrogen) atoms. The Morgan fingerprint density at radius 1 is 1.05 bits per heavy atom. The number of rotatable bonds is 9. The molecule has 2 unspecified atom stereocenters. The lowest BCUT2D eigenvalue weighted by Gasteiger charge is -2.44. The minimum absolute atomic E-state index is 0.0796. The van der Waals surface area contributed by atoms with E-state index < -0.39 is 17.6 Å². The minimum Gasteiger partial charge on any atom is -0.328 e. The molecule has 216 valence electrons. The van der Waals surface area contributed by atoms with Gasteiger partial charge in [-0.1, -0.05) is 81.4 Å². The zero-order valence-corrected chi connectivity index (χ0v) is 24.6. The number of amides is 2. The highest BCUT2D eigenvalue weighted by Crippen LogP contribution is 2.40. The second kappa shape index (κ2) is 13.0. The van der Waals surface area contributed by atoms with Crippen molar-refractivity contribution in [3.63, 3.8) is 0 Å². The van der Waals surface area contributed by atoms with Gasteiger partial charge in [0.25, 0.3) is 0 Å². The zero-order chi connectivity index (χ0) is 28.9. The van der Waals surface area contributed by atoms with Gasteiger partial charge in [-0.3, -0.25) is 0 Å². The van der Waals surface area contributed by atoms with Crippen LogP contribution in [0.1, 0.15) is 51.0 Å². The van der Waals surface area contributed by atoms with Crippen molar-refractivity contribution in [3.05, 3.63) is 78.2 Å². The van der Waals surface area contributed by atoms with E-state index in [1.807, 2.05) is 53.4 Å². The number of urea groups is 1. The lowest BCUT2D eigenvalue weighted by molar-refractivity contribution is 0.0579. The highest BCUT2D eigenvalue weighted by Gasteiger charge is 2.41. The number of alkyl halides is 1. The topological polar surface area (TPSA) is 70.6 Å². The van der Waals surface area contributed by atoms with Crippen molar-refractivity contribution < 1.29 is 9.18 Å². The van der Waals surface area contributed by atoms with Crippen molar-refractivity contribution in [3.8, 4) is 11.3 Å². The predicted molar refractivity (Wildman–Crippen MR) is 160 cm³/mol. The van der Waals surface area contributed by atoms with Crippen LogP contribution in [0.25, 0.3) is 11.3 Å². The maximum Gasteiger partial charge on any atom is 0.320 e. The Labute approximate surface area is 238 Å². The zero-order valence-electron chi connectivity index (χ0n) is 24.6. The Morgan fingerprint density at radius 3 is 2.20 bits per heavy atom. The number of imidazole rings is 1. The number of hydrogen-bond acceptors (Lipinski definition) is 4. The summed E-state index contributed by atoms with van der Waals surface area (Å²) in [7, 11) is 4.16. The van der Waals surface area contributed by atoms with Gasteiger partial charge in [0.2, 0.25) is 0 Å². The first kappa shape index (κ1) is 29.7. The van der Waals surface area contributed by atoms with E-state index in [0.717, 1.165) is 35.5 Å². The number of piperidine rings is 1. The monoisotopic (exact) mass is 548 g/mol. The largest absolute Gasteiger partial charge is 0.328 e. The molecule has 1 saturated heterocycles. The summed E-state index contributed by atoms with van der Waals surface area (Å²) in [5.41, 5.74) is 8.28. The van der Waals surface area contributed by atoms with Crippen molar-refractivity contribution in [1.82, 2.24) is 24.3 Å². The van der Waals surface area contributed by atoms with Gasteiger partial charge in [0.05, 0.1) is 18.3 Å². The first-order chi connectivity index (χ1) is 19.1. The molecule has 3 aromatic rings. The van der Waals surface area contributed by atoms with Crippen LogP contribution in [0.2, 0.25) is 0 Å². The predicted octanol–water partition coefficient (Wildman–Crippen LogP) is 5.43. The summed E-state index contributed by atoms with van der Waals surface area (Å²) in [6.45, 7) is 7.93. The van der Waals surface area contributed by atoms with E-state index in [-0.39, 0.29) is 19.1 Å². The number of carbonyl (C=O) groups is 1. The maximum atomic E-state index is 15.1. The number of carbonyl (C=O) groups excluding carboxylic acids is 1. The number of likely N-dealkylation sites (tertiary alicyclic amines) is 1. The Bertz CT molecular complexity index is 1220. The molecule has 0 radical (unpaired) electrons. The molecule has 1 aliphatic heterocycles. The third-order valence-corrected chi connectivity index (χ3v) is 7.81. The van der Waals surface area contributed by atoms with Crippen LogP contribution in [0.3, 0.4) is 0 Å². The molecule has 1 aromatic heterocycles. The van der Waals surface area contributed by atoms with Crippen LogP contribution in [-0.4, -0.2) is 82.8 Å². The summed E-state index contributed by atoms with van der Waals surface area (Å²) in [6, 6.07) is 20.1. The summed E-state index contributed by atoms with van der Waals surface area (Å²) in [5, 5.41) is 0. The van der Waals surface area contributed by atoms with Gasteiger partial charge in [-0.25, -0.2) is 14.2 Å². The van der Waals surface area contributed by atoms with Gasteiger partial charge in [-0.15, -0.1) is 0 Å². The molecular formula is C32H45FN6O. The lowest BCUT2D eigenvalue weighted by atomic mass is 9.84. The maximum absolute atomic E-state index is 15.1. The summed E-state index contributed by atoms with van der Waals surface area (Å²) >= 11 is 0. The molecule has 2 aromatic carbocycles. The molecule has 8 heteroatoms. The number of aromatic nitrogens is 2. The average Bonchev–Trinajstić information content (AvgIpc) is 3.35. The van der Waals surface area contributed by atoms with Crippen molar-refractivity contribution in [2.24, 2.45) is 11.1 Å². The smallest absolute Gasteiger partial charge is 0.320 e. The minimum atomic E-state index is -1.33. The van der Waals surface area contributed by atoms with Crippen LogP contribution in [0.4, 0.5) is 9.18 Å². The molecule has 0 spiro atoms. The first-order valence-corrected chi connectivity index (χ1v) is 14.3. The molecule has 0 saturated carbocycles. The van der Waals surface area contributed by atoms with E-state index in [4.69, 9.17) is 10.7 Å². The van der Waals surface area contributed by atoms with Gasteiger partial charge in [-0.2, -0.15) is 0 Å². The lowest BCUT2D eigenvalue weighted by Crippen LogP contribution is -2.54. The number of hydrogen-bond donors (Lipinski definition) is 1.